The summed E-state index contributed by atoms with van der Waals surface area (Å²) in [6.07, 6.45) is -0.206. The summed E-state index contributed by atoms with van der Waals surface area (Å²) in [5.74, 6) is -1.69. The Hall–Kier alpha value is -4.07. The van der Waals surface area contributed by atoms with Crippen LogP contribution in [0.5, 0.6) is 0 Å². The topological polar surface area (TPSA) is 188 Å². The smallest absolute Gasteiger partial charge is 0.410 e. The Kier molecular flexibility index (Phi) is 6.34. The van der Waals surface area contributed by atoms with E-state index in [1.807, 2.05) is 0 Å². The van der Waals surface area contributed by atoms with E-state index in [1.165, 1.54) is 4.90 Å². The molecular weight excluding hydrogens is 446 g/mol. The maximum Gasteiger partial charge on any atom is 0.410 e. The van der Waals surface area contributed by atoms with E-state index in [9.17, 15) is 34.6 Å². The number of nitro groups is 2. The predicted octanol–water partition coefficient (Wildman–Crippen LogP) is 2.43. The number of hydrogen-bond donors (Lipinski definition) is 2. The highest BCUT2D eigenvalue weighted by molar-refractivity contribution is 7.17. The van der Waals surface area contributed by atoms with Crippen molar-refractivity contribution in [2.75, 3.05) is 18.5 Å². The number of thiophene rings is 1. The highest BCUT2D eigenvalue weighted by atomic mass is 32.1. The first-order valence-corrected chi connectivity index (χ1v) is 10.0. The molecule has 0 aliphatic carbocycles. The maximum absolute atomic E-state index is 12.7. The number of non-ortho nitro benzene ring substituents is 2. The molecule has 13 nitrogen and oxygen atoms in total. The monoisotopic (exact) mass is 463 g/mol. The van der Waals surface area contributed by atoms with Crippen molar-refractivity contribution in [3.05, 3.63) is 60.0 Å². The van der Waals surface area contributed by atoms with E-state index in [2.05, 4.69) is 5.32 Å². The Morgan fingerprint density at radius 1 is 1.19 bits per heavy atom. The van der Waals surface area contributed by atoms with Gasteiger partial charge in [-0.25, -0.2) is 4.79 Å². The van der Waals surface area contributed by atoms with Gasteiger partial charge < -0.3 is 20.7 Å². The lowest BCUT2D eigenvalue weighted by Gasteiger charge is -2.26. The number of benzene rings is 1. The van der Waals surface area contributed by atoms with Crippen LogP contribution in [0.25, 0.3) is 0 Å². The fourth-order valence-corrected chi connectivity index (χ4v) is 4.50. The van der Waals surface area contributed by atoms with Gasteiger partial charge in [0.1, 0.15) is 5.00 Å². The van der Waals surface area contributed by atoms with Gasteiger partial charge in [0, 0.05) is 23.6 Å². The van der Waals surface area contributed by atoms with Gasteiger partial charge >= 0.3 is 6.09 Å². The number of anilines is 1. The molecule has 3 N–H and O–H groups in total. The van der Waals surface area contributed by atoms with E-state index in [4.69, 9.17) is 10.5 Å². The van der Waals surface area contributed by atoms with Crippen LogP contribution in [-0.4, -0.2) is 45.8 Å². The molecule has 0 fully saturated rings. The lowest BCUT2D eigenvalue weighted by atomic mass is 10.0. The first kappa shape index (κ1) is 22.6. The van der Waals surface area contributed by atoms with Gasteiger partial charge in [-0.1, -0.05) is 0 Å². The molecule has 0 saturated carbocycles. The minimum absolute atomic E-state index is 0.0711. The van der Waals surface area contributed by atoms with Crippen molar-refractivity contribution in [2.45, 2.75) is 19.9 Å². The van der Waals surface area contributed by atoms with Crippen LogP contribution in [0.15, 0.2) is 18.2 Å². The molecule has 3 amide bonds. The fraction of sp³-hybridized carbons (Fsp3) is 0.278. The summed E-state index contributed by atoms with van der Waals surface area (Å²) in [7, 11) is 0. The minimum Gasteiger partial charge on any atom is -0.450 e. The van der Waals surface area contributed by atoms with Gasteiger partial charge in [0.15, 0.2) is 0 Å². The van der Waals surface area contributed by atoms with Crippen molar-refractivity contribution in [1.29, 1.82) is 0 Å². The number of nitrogens with one attached hydrogen (secondary N) is 1. The highest BCUT2D eigenvalue weighted by Crippen LogP contribution is 2.37. The largest absolute Gasteiger partial charge is 0.450 e. The molecule has 3 rings (SSSR count). The standard InChI is InChI=1S/C18H17N5O8S/c1-2-31-18(26)21-4-3-12-13(8-21)32-17(14(12)15(19)24)20-16(25)9-5-10(22(27)28)7-11(6-9)23(29)30/h5-7H,2-4,8H2,1H3,(H2,19,24)(H,20,25). The molecule has 1 aliphatic heterocycles. The molecule has 0 unspecified atom stereocenters. The minimum atomic E-state index is -0.889. The third-order valence-corrected chi connectivity index (χ3v) is 5.77. The molecule has 0 atom stereocenters. The average Bonchev–Trinajstić information content (AvgIpc) is 3.10. The molecule has 168 valence electrons. The van der Waals surface area contributed by atoms with Crippen LogP contribution in [0.4, 0.5) is 21.2 Å². The van der Waals surface area contributed by atoms with Crippen LogP contribution in [-0.2, 0) is 17.7 Å². The molecule has 14 heteroatoms. The quantitative estimate of drug-likeness (QED) is 0.482. The zero-order valence-electron chi connectivity index (χ0n) is 16.7. The van der Waals surface area contributed by atoms with E-state index in [-0.39, 0.29) is 35.8 Å². The number of ether oxygens (including phenoxy) is 1. The highest BCUT2D eigenvalue weighted by Gasteiger charge is 2.30. The first-order valence-electron chi connectivity index (χ1n) is 9.23. The average molecular weight is 463 g/mol. The summed E-state index contributed by atoms with van der Waals surface area (Å²) in [4.78, 5) is 59.3. The molecule has 0 bridgehead atoms. The normalized spacial score (nSPS) is 12.6. The number of amides is 3. The van der Waals surface area contributed by atoms with E-state index >= 15 is 0 Å². The Balaban J connectivity index is 1.94. The fourth-order valence-electron chi connectivity index (χ4n) is 3.24. The number of nitrogens with two attached hydrogens (primary N) is 1. The van der Waals surface area contributed by atoms with Crippen LogP contribution in [0.2, 0.25) is 0 Å². The van der Waals surface area contributed by atoms with Gasteiger partial charge in [-0.05, 0) is 18.9 Å². The third kappa shape index (κ3) is 4.49. The van der Waals surface area contributed by atoms with Gasteiger partial charge in [0.25, 0.3) is 23.2 Å². The molecule has 2 aromatic rings. The van der Waals surface area contributed by atoms with Gasteiger partial charge in [-0.15, -0.1) is 11.3 Å². The number of rotatable bonds is 6. The zero-order chi connectivity index (χ0) is 23.6. The second-order valence-electron chi connectivity index (χ2n) is 6.65. The molecule has 2 heterocycles. The lowest BCUT2D eigenvalue weighted by Crippen LogP contribution is -2.36. The molecule has 1 aromatic carbocycles. The predicted molar refractivity (Wildman–Crippen MR) is 112 cm³/mol. The molecule has 1 aliphatic rings. The van der Waals surface area contributed by atoms with Crippen molar-refractivity contribution in [2.24, 2.45) is 5.73 Å². The third-order valence-electron chi connectivity index (χ3n) is 4.64. The molecule has 32 heavy (non-hydrogen) atoms. The van der Waals surface area contributed by atoms with Crippen LogP contribution in [0, 0.1) is 20.2 Å². The summed E-state index contributed by atoms with van der Waals surface area (Å²) in [5.41, 5.74) is 4.57. The second kappa shape index (κ2) is 8.97. The summed E-state index contributed by atoms with van der Waals surface area (Å²) in [5, 5.41) is 24.7. The van der Waals surface area contributed by atoms with Gasteiger partial charge in [0.05, 0.1) is 40.2 Å². The van der Waals surface area contributed by atoms with Crippen molar-refractivity contribution in [1.82, 2.24) is 4.90 Å². The summed E-state index contributed by atoms with van der Waals surface area (Å²) >= 11 is 1.02. The van der Waals surface area contributed by atoms with E-state index in [1.54, 1.807) is 6.92 Å². The zero-order valence-corrected chi connectivity index (χ0v) is 17.5. The first-order chi connectivity index (χ1) is 15.1. The van der Waals surface area contributed by atoms with E-state index in [0.29, 0.717) is 16.9 Å². The number of hydrogen-bond acceptors (Lipinski definition) is 9. The lowest BCUT2D eigenvalue weighted by molar-refractivity contribution is -0.394. The number of nitro benzene ring substituents is 2. The number of carbonyl (C=O) groups is 3. The Bertz CT molecular complexity index is 1110. The number of fused-ring (bicyclic) bond motifs is 1. The molecule has 0 radical (unpaired) electrons. The van der Waals surface area contributed by atoms with Crippen LogP contribution in [0.1, 0.15) is 38.1 Å². The van der Waals surface area contributed by atoms with Crippen molar-refractivity contribution in [3.63, 3.8) is 0 Å². The Labute approximate surface area is 184 Å². The maximum atomic E-state index is 12.7. The number of nitrogens with zero attached hydrogens (tertiary/aromatic N) is 3. The Morgan fingerprint density at radius 3 is 2.34 bits per heavy atom. The van der Waals surface area contributed by atoms with E-state index < -0.39 is 39.1 Å². The van der Waals surface area contributed by atoms with Gasteiger partial charge in [0.2, 0.25) is 0 Å². The summed E-state index contributed by atoms with van der Waals surface area (Å²) < 4.78 is 4.98. The van der Waals surface area contributed by atoms with Crippen molar-refractivity contribution >= 4 is 45.6 Å². The molecular formula is C18H17N5O8S. The van der Waals surface area contributed by atoms with Crippen LogP contribution >= 0.6 is 11.3 Å². The number of carbonyl (C=O) groups excluding carboxylic acids is 3. The van der Waals surface area contributed by atoms with E-state index in [0.717, 1.165) is 29.5 Å². The SMILES string of the molecule is CCOC(=O)N1CCc2c(sc(NC(=O)c3cc([N+](=O)[O-])cc([N+](=O)[O-])c3)c2C(N)=O)C1. The second-order valence-corrected chi connectivity index (χ2v) is 7.75. The molecule has 0 saturated heterocycles. The van der Waals surface area contributed by atoms with Crippen LogP contribution < -0.4 is 11.1 Å². The van der Waals surface area contributed by atoms with Gasteiger partial charge in [-0.2, -0.15) is 0 Å². The summed E-state index contributed by atoms with van der Waals surface area (Å²) in [6, 6.07) is 2.52. The molecule has 1 aromatic heterocycles. The Morgan fingerprint density at radius 2 is 1.81 bits per heavy atom. The molecule has 0 spiro atoms. The van der Waals surface area contributed by atoms with Gasteiger partial charge in [-0.3, -0.25) is 29.8 Å². The van der Waals surface area contributed by atoms with Crippen molar-refractivity contribution in [3.8, 4) is 0 Å². The van der Waals surface area contributed by atoms with Crippen molar-refractivity contribution < 1.29 is 29.0 Å². The number of primary amides is 1. The van der Waals surface area contributed by atoms with Crippen LogP contribution in [0.3, 0.4) is 0 Å². The summed E-state index contributed by atoms with van der Waals surface area (Å²) in [6.45, 7) is 2.32.